The van der Waals surface area contributed by atoms with Crippen LogP contribution in [0, 0.1) is 11.7 Å². The Hall–Kier alpha value is -3.55. The number of hydrogen-bond acceptors (Lipinski definition) is 5. The molecule has 3 heterocycles. The van der Waals surface area contributed by atoms with E-state index in [1.165, 1.54) is 12.1 Å². The molecule has 1 spiro atoms. The zero-order chi connectivity index (χ0) is 20.7. The number of carbonyl (C=O) groups is 2. The van der Waals surface area contributed by atoms with E-state index in [9.17, 15) is 14.0 Å². The Morgan fingerprint density at radius 3 is 2.67 bits per heavy atom. The summed E-state index contributed by atoms with van der Waals surface area (Å²) >= 11 is 0. The van der Waals surface area contributed by atoms with Gasteiger partial charge in [0, 0.05) is 29.4 Å². The molecule has 0 saturated heterocycles. The highest BCUT2D eigenvalue weighted by Crippen LogP contribution is 2.48. The first-order valence-corrected chi connectivity index (χ1v) is 9.84. The summed E-state index contributed by atoms with van der Waals surface area (Å²) in [4.78, 5) is 29.2. The van der Waals surface area contributed by atoms with Crippen molar-refractivity contribution in [1.82, 2.24) is 15.2 Å². The van der Waals surface area contributed by atoms with Gasteiger partial charge in [-0.3, -0.25) is 14.9 Å². The molecule has 0 radical (unpaired) electrons. The second kappa shape index (κ2) is 7.05. The molecule has 2 aromatic heterocycles. The van der Waals surface area contributed by atoms with Crippen LogP contribution >= 0.6 is 0 Å². The molecular formula is C22H19FN4O3. The number of aromatic nitrogens is 3. The number of pyridine rings is 1. The predicted molar refractivity (Wildman–Crippen MR) is 106 cm³/mol. The average molecular weight is 406 g/mol. The van der Waals surface area contributed by atoms with E-state index in [2.05, 4.69) is 20.5 Å². The number of ether oxygens (including phenoxy) is 1. The fourth-order valence-electron chi connectivity index (χ4n) is 4.40. The number of nitrogens with one attached hydrogen (secondary N) is 2. The third kappa shape index (κ3) is 3.04. The van der Waals surface area contributed by atoms with Crippen LogP contribution in [-0.4, -0.2) is 27.1 Å². The Balaban J connectivity index is 1.29. The molecule has 1 saturated carbocycles. The number of carbonyl (C=O) groups excluding carboxylic acids is 2. The van der Waals surface area contributed by atoms with E-state index in [-0.39, 0.29) is 23.6 Å². The third-order valence-corrected chi connectivity index (χ3v) is 6.03. The zero-order valence-electron chi connectivity index (χ0n) is 16.0. The Morgan fingerprint density at radius 2 is 1.90 bits per heavy atom. The maximum Gasteiger partial charge on any atom is 0.339 e. The number of H-pyrrole nitrogens is 1. The number of nitrogens with zero attached hydrogens (tertiary/aromatic N) is 2. The van der Waals surface area contributed by atoms with E-state index in [1.807, 2.05) is 0 Å². The Kier molecular flexibility index (Phi) is 4.34. The molecule has 152 valence electrons. The number of amides is 1. The van der Waals surface area contributed by atoms with Crippen molar-refractivity contribution in [2.75, 3.05) is 5.32 Å². The quantitative estimate of drug-likeness (QED) is 0.645. The fourth-order valence-corrected chi connectivity index (χ4v) is 4.40. The third-order valence-electron chi connectivity index (χ3n) is 6.03. The Labute approximate surface area is 171 Å². The van der Waals surface area contributed by atoms with Crippen LogP contribution in [0.15, 0.2) is 48.9 Å². The van der Waals surface area contributed by atoms with Gasteiger partial charge in [-0.15, -0.1) is 0 Å². The van der Waals surface area contributed by atoms with Gasteiger partial charge in [0.05, 0.1) is 11.8 Å². The highest BCUT2D eigenvalue weighted by Gasteiger charge is 2.48. The minimum Gasteiger partial charge on any atom is -0.450 e. The molecule has 1 amide bonds. The summed E-state index contributed by atoms with van der Waals surface area (Å²) in [6.07, 6.45) is 7.20. The van der Waals surface area contributed by atoms with Gasteiger partial charge in [0.25, 0.3) is 0 Å². The molecule has 0 bridgehead atoms. The van der Waals surface area contributed by atoms with Crippen molar-refractivity contribution in [1.29, 1.82) is 0 Å². The maximum absolute atomic E-state index is 13.2. The van der Waals surface area contributed by atoms with E-state index in [4.69, 9.17) is 4.74 Å². The summed E-state index contributed by atoms with van der Waals surface area (Å²) in [5.74, 6) is -0.494. The molecule has 0 atom stereocenters. The van der Waals surface area contributed by atoms with Crippen molar-refractivity contribution in [2.45, 2.75) is 31.3 Å². The molecule has 1 aliphatic carbocycles. The molecule has 2 aliphatic rings. The summed E-state index contributed by atoms with van der Waals surface area (Å²) in [6, 6.07) is 7.69. The van der Waals surface area contributed by atoms with Crippen LogP contribution in [0.3, 0.4) is 0 Å². The topological polar surface area (TPSA) is 97.0 Å². The number of halogens is 1. The van der Waals surface area contributed by atoms with E-state index in [0.717, 1.165) is 11.1 Å². The van der Waals surface area contributed by atoms with Gasteiger partial charge in [-0.1, -0.05) is 12.1 Å². The monoisotopic (exact) mass is 406 g/mol. The van der Waals surface area contributed by atoms with Crippen LogP contribution in [0.1, 0.15) is 41.6 Å². The molecule has 3 aromatic rings. The van der Waals surface area contributed by atoms with Gasteiger partial charge in [0.2, 0.25) is 5.91 Å². The van der Waals surface area contributed by atoms with Crippen molar-refractivity contribution in [2.24, 2.45) is 5.92 Å². The first kappa shape index (κ1) is 18.5. The van der Waals surface area contributed by atoms with Gasteiger partial charge in [-0.2, -0.15) is 5.10 Å². The van der Waals surface area contributed by atoms with Crippen molar-refractivity contribution >= 4 is 17.7 Å². The highest BCUT2D eigenvalue weighted by atomic mass is 19.1. The highest BCUT2D eigenvalue weighted by molar-refractivity contribution is 5.96. The summed E-state index contributed by atoms with van der Waals surface area (Å²) in [6.45, 7) is 0. The minimum atomic E-state index is -0.676. The largest absolute Gasteiger partial charge is 0.450 e. The van der Waals surface area contributed by atoms with Gasteiger partial charge in [-0.05, 0) is 49.4 Å². The first-order valence-electron chi connectivity index (χ1n) is 9.84. The lowest BCUT2D eigenvalue weighted by Gasteiger charge is -2.35. The molecule has 0 unspecified atom stereocenters. The molecule has 1 aliphatic heterocycles. The number of benzene rings is 1. The SMILES string of the molecule is O=C1OC2(CCC(C(=O)Nc3[nH]ncc3-c3ccc(F)cc3)CC2)c2cnccc21. The molecule has 5 rings (SSSR count). The van der Waals surface area contributed by atoms with Gasteiger partial charge in [0.15, 0.2) is 0 Å². The van der Waals surface area contributed by atoms with Crippen LogP contribution in [0.4, 0.5) is 10.2 Å². The van der Waals surface area contributed by atoms with E-state index in [0.29, 0.717) is 42.6 Å². The van der Waals surface area contributed by atoms with Gasteiger partial charge < -0.3 is 10.1 Å². The lowest BCUT2D eigenvalue weighted by molar-refractivity contribution is -0.122. The van der Waals surface area contributed by atoms with E-state index >= 15 is 0 Å². The molecule has 1 aromatic carbocycles. The lowest BCUT2D eigenvalue weighted by Crippen LogP contribution is -2.36. The Bertz CT molecular complexity index is 1120. The number of rotatable bonds is 3. The summed E-state index contributed by atoms with van der Waals surface area (Å²) in [7, 11) is 0. The predicted octanol–water partition coefficient (Wildman–Crippen LogP) is 3.81. The zero-order valence-corrected chi connectivity index (χ0v) is 16.0. The number of esters is 1. The van der Waals surface area contributed by atoms with Crippen LogP contribution in [0.2, 0.25) is 0 Å². The fraction of sp³-hybridized carbons (Fsp3) is 0.273. The van der Waals surface area contributed by atoms with E-state index in [1.54, 1.807) is 36.8 Å². The number of hydrogen-bond donors (Lipinski definition) is 2. The number of aromatic amines is 1. The van der Waals surface area contributed by atoms with Crippen LogP contribution in [-0.2, 0) is 15.1 Å². The lowest BCUT2D eigenvalue weighted by atomic mass is 9.75. The summed E-state index contributed by atoms with van der Waals surface area (Å²) in [5.41, 5.74) is 2.16. The van der Waals surface area contributed by atoms with Crippen LogP contribution < -0.4 is 5.32 Å². The van der Waals surface area contributed by atoms with Crippen LogP contribution in [0.5, 0.6) is 0 Å². The number of fused-ring (bicyclic) bond motifs is 2. The van der Waals surface area contributed by atoms with Crippen molar-refractivity contribution in [3.8, 4) is 11.1 Å². The van der Waals surface area contributed by atoms with E-state index < -0.39 is 5.60 Å². The number of anilines is 1. The van der Waals surface area contributed by atoms with Crippen molar-refractivity contribution in [3.05, 3.63) is 65.9 Å². The van der Waals surface area contributed by atoms with Gasteiger partial charge >= 0.3 is 5.97 Å². The maximum atomic E-state index is 13.2. The van der Waals surface area contributed by atoms with Crippen LogP contribution in [0.25, 0.3) is 11.1 Å². The smallest absolute Gasteiger partial charge is 0.339 e. The van der Waals surface area contributed by atoms with Gasteiger partial charge in [0.1, 0.15) is 17.2 Å². The molecule has 7 nitrogen and oxygen atoms in total. The second-order valence-corrected chi connectivity index (χ2v) is 7.73. The van der Waals surface area contributed by atoms with Crippen molar-refractivity contribution < 1.29 is 18.7 Å². The summed E-state index contributed by atoms with van der Waals surface area (Å²) in [5, 5.41) is 9.72. The second-order valence-electron chi connectivity index (χ2n) is 7.73. The molecule has 1 fully saturated rings. The normalized spacial score (nSPS) is 22.6. The average Bonchev–Trinajstić information content (AvgIpc) is 3.32. The standard InChI is InChI=1S/C22H19FN4O3/c23-15-3-1-13(2-4-15)17-11-25-27-19(17)26-20(28)14-5-8-22(9-6-14)18-12-24-10-7-16(18)21(29)30-22/h1-4,7,10-12,14H,5-6,8-9H2,(H2,25,26,27,28). The molecule has 8 heteroatoms. The molecular weight excluding hydrogens is 387 g/mol. The molecule has 2 N–H and O–H groups in total. The Morgan fingerprint density at radius 1 is 1.13 bits per heavy atom. The summed E-state index contributed by atoms with van der Waals surface area (Å²) < 4.78 is 18.9. The first-order chi connectivity index (χ1) is 14.6. The minimum absolute atomic E-state index is 0.117. The molecule has 30 heavy (non-hydrogen) atoms. The van der Waals surface area contributed by atoms with Crippen molar-refractivity contribution in [3.63, 3.8) is 0 Å². The van der Waals surface area contributed by atoms with Gasteiger partial charge in [-0.25, -0.2) is 9.18 Å².